The molecule has 0 fully saturated rings. The Kier molecular flexibility index (Phi) is 5.43. The number of nitrogens with one attached hydrogen (secondary N) is 1. The van der Waals surface area contributed by atoms with Crippen LogP contribution in [0, 0.1) is 6.92 Å². The Bertz CT molecular complexity index is 579. The molecule has 2 aromatic rings. The molecule has 0 radical (unpaired) electrons. The maximum Gasteiger partial charge on any atom is 0.147 e. The van der Waals surface area contributed by atoms with Gasteiger partial charge >= 0.3 is 0 Å². The van der Waals surface area contributed by atoms with E-state index in [1.165, 1.54) is 5.56 Å². The zero-order valence-corrected chi connectivity index (χ0v) is 14.6. The molecule has 1 aromatic heterocycles. The number of rotatable bonds is 5. The van der Waals surface area contributed by atoms with Crippen LogP contribution in [0.15, 0.2) is 39.5 Å². The first-order chi connectivity index (χ1) is 9.61. The van der Waals surface area contributed by atoms with E-state index >= 15 is 0 Å². The van der Waals surface area contributed by atoms with Gasteiger partial charge in [0.05, 0.1) is 27.4 Å². The predicted molar refractivity (Wildman–Crippen MR) is 89.3 cm³/mol. The summed E-state index contributed by atoms with van der Waals surface area (Å²) in [5.41, 5.74) is 3.40. The Morgan fingerprint density at radius 2 is 1.95 bits per heavy atom. The van der Waals surface area contributed by atoms with Gasteiger partial charge in [0.1, 0.15) is 5.75 Å². The van der Waals surface area contributed by atoms with Crippen molar-refractivity contribution in [2.75, 3.05) is 11.9 Å². The molecule has 1 heterocycles. The molecule has 3 nitrogen and oxygen atoms in total. The van der Waals surface area contributed by atoms with Crippen LogP contribution in [0.4, 0.5) is 5.69 Å². The quantitative estimate of drug-likeness (QED) is 0.774. The molecule has 0 saturated carbocycles. The summed E-state index contributed by atoms with van der Waals surface area (Å²) in [5.74, 6) is 0.841. The third-order valence-electron chi connectivity index (χ3n) is 2.87. The van der Waals surface area contributed by atoms with Crippen LogP contribution in [-0.4, -0.2) is 11.6 Å². The Morgan fingerprint density at radius 3 is 2.55 bits per heavy atom. The zero-order chi connectivity index (χ0) is 14.5. The maximum atomic E-state index is 5.58. The molecule has 1 aromatic carbocycles. The number of hydrogen-bond acceptors (Lipinski definition) is 3. The summed E-state index contributed by atoms with van der Waals surface area (Å²) >= 11 is 7.09. The van der Waals surface area contributed by atoms with E-state index in [1.807, 2.05) is 19.2 Å². The minimum atomic E-state index is 0.643. The third kappa shape index (κ3) is 3.73. The third-order valence-corrected chi connectivity index (χ3v) is 4.05. The van der Waals surface area contributed by atoms with Crippen LogP contribution >= 0.6 is 31.9 Å². The van der Waals surface area contributed by atoms with E-state index in [4.69, 9.17) is 4.74 Å². The fourth-order valence-corrected chi connectivity index (χ4v) is 3.35. The summed E-state index contributed by atoms with van der Waals surface area (Å²) in [6, 6.07) is 6.12. The maximum absolute atomic E-state index is 5.58. The van der Waals surface area contributed by atoms with Gasteiger partial charge in [-0.05, 0) is 75.0 Å². The molecule has 20 heavy (non-hydrogen) atoms. The summed E-state index contributed by atoms with van der Waals surface area (Å²) in [4.78, 5) is 4.13. The molecule has 0 aliphatic rings. The molecule has 0 aliphatic heterocycles. The molecule has 1 N–H and O–H groups in total. The van der Waals surface area contributed by atoms with Crippen LogP contribution in [0.25, 0.3) is 0 Å². The lowest BCUT2D eigenvalue weighted by atomic mass is 10.2. The minimum absolute atomic E-state index is 0.643. The van der Waals surface area contributed by atoms with Gasteiger partial charge in [0.15, 0.2) is 0 Å². The van der Waals surface area contributed by atoms with E-state index < -0.39 is 0 Å². The van der Waals surface area contributed by atoms with Gasteiger partial charge in [0.25, 0.3) is 0 Å². The largest absolute Gasteiger partial charge is 0.492 e. The van der Waals surface area contributed by atoms with Crippen LogP contribution in [-0.2, 0) is 6.54 Å². The van der Waals surface area contributed by atoms with Crippen LogP contribution < -0.4 is 10.1 Å². The van der Waals surface area contributed by atoms with E-state index in [2.05, 4.69) is 61.2 Å². The average Bonchev–Trinajstić information content (AvgIpc) is 2.42. The van der Waals surface area contributed by atoms with Gasteiger partial charge in [-0.2, -0.15) is 0 Å². The summed E-state index contributed by atoms with van der Waals surface area (Å²) < 4.78 is 7.48. The van der Waals surface area contributed by atoms with Gasteiger partial charge < -0.3 is 10.1 Å². The van der Waals surface area contributed by atoms with Crippen LogP contribution in [0.2, 0.25) is 0 Å². The summed E-state index contributed by atoms with van der Waals surface area (Å²) in [7, 11) is 0. The number of benzene rings is 1. The molecule has 0 aliphatic carbocycles. The predicted octanol–water partition coefficient (Wildman–Crippen LogP) is 4.93. The summed E-state index contributed by atoms with van der Waals surface area (Å²) in [5, 5.41) is 3.39. The number of hydrogen-bond donors (Lipinski definition) is 1. The molecule has 0 bridgehead atoms. The number of halogens is 2. The van der Waals surface area contributed by atoms with Crippen molar-refractivity contribution in [3.63, 3.8) is 0 Å². The number of ether oxygens (including phenoxy) is 1. The van der Waals surface area contributed by atoms with Crippen molar-refractivity contribution < 1.29 is 4.74 Å². The lowest BCUT2D eigenvalue weighted by Crippen LogP contribution is -2.02. The highest BCUT2D eigenvalue weighted by atomic mass is 79.9. The van der Waals surface area contributed by atoms with Crippen molar-refractivity contribution in [1.82, 2.24) is 4.98 Å². The van der Waals surface area contributed by atoms with E-state index in [-0.39, 0.29) is 0 Å². The number of pyridine rings is 1. The molecule has 5 heteroatoms. The fraction of sp³-hybridized carbons (Fsp3) is 0.267. The topological polar surface area (TPSA) is 34.1 Å². The Morgan fingerprint density at radius 1 is 1.25 bits per heavy atom. The van der Waals surface area contributed by atoms with E-state index in [1.54, 1.807) is 6.20 Å². The molecular weight excluding hydrogens is 384 g/mol. The number of aryl methyl sites for hydroxylation is 1. The summed E-state index contributed by atoms with van der Waals surface area (Å²) in [6.07, 6.45) is 3.64. The van der Waals surface area contributed by atoms with Crippen LogP contribution in [0.3, 0.4) is 0 Å². The Hall–Kier alpha value is -1.07. The lowest BCUT2D eigenvalue weighted by molar-refractivity contribution is 0.336. The molecule has 106 valence electrons. The Labute approximate surface area is 136 Å². The molecule has 0 amide bonds. The van der Waals surface area contributed by atoms with Crippen molar-refractivity contribution in [1.29, 1.82) is 0 Å². The molecular formula is C15H16Br2N2O. The van der Waals surface area contributed by atoms with Crippen molar-refractivity contribution in [3.8, 4) is 5.75 Å². The molecule has 0 atom stereocenters. The number of nitrogens with zero attached hydrogens (tertiary/aromatic N) is 1. The van der Waals surface area contributed by atoms with Crippen molar-refractivity contribution >= 4 is 37.5 Å². The summed E-state index contributed by atoms with van der Waals surface area (Å²) in [6.45, 7) is 5.41. The lowest BCUT2D eigenvalue weighted by Gasteiger charge is -2.12. The Balaban J connectivity index is 2.13. The van der Waals surface area contributed by atoms with Gasteiger partial charge in [-0.1, -0.05) is 0 Å². The van der Waals surface area contributed by atoms with E-state index in [0.29, 0.717) is 6.61 Å². The molecule has 2 rings (SSSR count). The monoisotopic (exact) mass is 398 g/mol. The van der Waals surface area contributed by atoms with Crippen LogP contribution in [0.1, 0.15) is 18.1 Å². The standard InChI is InChI=1S/C15H16Br2N2O/c1-3-20-15-12(16)6-11(7-13(15)17)8-19-14-9-18-5-4-10(14)2/h4-7,9,19H,3,8H2,1-2H3. The second-order valence-electron chi connectivity index (χ2n) is 4.37. The smallest absolute Gasteiger partial charge is 0.147 e. The van der Waals surface area contributed by atoms with Crippen molar-refractivity contribution in [2.45, 2.75) is 20.4 Å². The molecule has 0 spiro atoms. The highest BCUT2D eigenvalue weighted by Gasteiger charge is 2.08. The zero-order valence-electron chi connectivity index (χ0n) is 11.4. The SMILES string of the molecule is CCOc1c(Br)cc(CNc2cnccc2C)cc1Br. The van der Waals surface area contributed by atoms with Gasteiger partial charge in [-0.3, -0.25) is 4.98 Å². The number of anilines is 1. The second-order valence-corrected chi connectivity index (χ2v) is 6.07. The van der Waals surface area contributed by atoms with Gasteiger partial charge in [0.2, 0.25) is 0 Å². The van der Waals surface area contributed by atoms with E-state index in [9.17, 15) is 0 Å². The molecule has 0 saturated heterocycles. The van der Waals surface area contributed by atoms with E-state index in [0.717, 1.165) is 32.5 Å². The first-order valence-corrected chi connectivity index (χ1v) is 7.95. The first kappa shape index (κ1) is 15.3. The first-order valence-electron chi connectivity index (χ1n) is 6.37. The van der Waals surface area contributed by atoms with Crippen LogP contribution in [0.5, 0.6) is 5.75 Å². The highest BCUT2D eigenvalue weighted by molar-refractivity contribution is 9.11. The van der Waals surface area contributed by atoms with Gasteiger partial charge in [-0.15, -0.1) is 0 Å². The normalized spacial score (nSPS) is 10.4. The second kappa shape index (κ2) is 7.09. The van der Waals surface area contributed by atoms with Crippen molar-refractivity contribution in [2.24, 2.45) is 0 Å². The average molecular weight is 400 g/mol. The van der Waals surface area contributed by atoms with Gasteiger partial charge in [-0.25, -0.2) is 0 Å². The fourth-order valence-electron chi connectivity index (χ4n) is 1.84. The molecule has 0 unspecified atom stereocenters. The highest BCUT2D eigenvalue weighted by Crippen LogP contribution is 2.35. The van der Waals surface area contributed by atoms with Gasteiger partial charge in [0, 0.05) is 12.7 Å². The van der Waals surface area contributed by atoms with Crippen molar-refractivity contribution in [3.05, 3.63) is 50.7 Å². The number of aromatic nitrogens is 1. The minimum Gasteiger partial charge on any atom is -0.492 e.